The molecule has 0 saturated heterocycles. The van der Waals surface area contributed by atoms with Crippen LogP contribution < -0.4 is 10.5 Å². The fourth-order valence-electron chi connectivity index (χ4n) is 5.20. The van der Waals surface area contributed by atoms with Crippen LogP contribution in [0.25, 0.3) is 22.5 Å². The van der Waals surface area contributed by atoms with E-state index in [1.165, 1.54) is 0 Å². The molecule has 1 unspecified atom stereocenters. The van der Waals surface area contributed by atoms with Crippen molar-refractivity contribution in [1.29, 1.82) is 0 Å². The smallest absolute Gasteiger partial charge is 0.410 e. The second kappa shape index (κ2) is 13.4. The largest absolute Gasteiger partial charge is 0.488 e. The summed E-state index contributed by atoms with van der Waals surface area (Å²) < 4.78 is 19.3. The summed E-state index contributed by atoms with van der Waals surface area (Å²) in [5.41, 5.74) is 10.3. The zero-order valence-electron chi connectivity index (χ0n) is 28.7. The maximum Gasteiger partial charge on any atom is 0.410 e. The van der Waals surface area contributed by atoms with E-state index in [1.807, 2.05) is 45.0 Å². The lowest BCUT2D eigenvalue weighted by atomic mass is 9.96. The van der Waals surface area contributed by atoms with Crippen molar-refractivity contribution in [2.75, 3.05) is 18.8 Å². The molecule has 0 aliphatic carbocycles. The number of aromatic nitrogens is 5. The predicted octanol–water partition coefficient (Wildman–Crippen LogP) is 7.20. The van der Waals surface area contributed by atoms with Crippen molar-refractivity contribution in [2.45, 2.75) is 90.3 Å². The van der Waals surface area contributed by atoms with Gasteiger partial charge in [0.15, 0.2) is 8.32 Å². The number of nitrogens with two attached hydrogens (primary N) is 1. The number of amides is 1. The Hall–Kier alpha value is -4.29. The number of pyridine rings is 1. The van der Waals surface area contributed by atoms with E-state index in [1.54, 1.807) is 17.2 Å². The lowest BCUT2D eigenvalue weighted by Gasteiger charge is -2.41. The van der Waals surface area contributed by atoms with Gasteiger partial charge in [-0.15, -0.1) is 10.2 Å². The van der Waals surface area contributed by atoms with Crippen LogP contribution in [0.15, 0.2) is 60.8 Å². The number of anilines is 1. The molecular weight excluding hydrogens is 611 g/mol. The van der Waals surface area contributed by atoms with E-state index in [0.717, 1.165) is 46.4 Å². The van der Waals surface area contributed by atoms with Crippen molar-refractivity contribution in [3.63, 3.8) is 0 Å². The maximum atomic E-state index is 13.7. The summed E-state index contributed by atoms with van der Waals surface area (Å²) >= 11 is 0. The summed E-state index contributed by atoms with van der Waals surface area (Å²) in [4.78, 5) is 19.8. The molecule has 250 valence electrons. The molecule has 2 aromatic carbocycles. The average Bonchev–Trinajstić information content (AvgIpc) is 3.54. The van der Waals surface area contributed by atoms with Gasteiger partial charge in [-0.1, -0.05) is 57.2 Å². The van der Waals surface area contributed by atoms with Crippen LogP contribution in [-0.4, -0.2) is 69.7 Å². The van der Waals surface area contributed by atoms with Crippen LogP contribution in [0.5, 0.6) is 5.75 Å². The zero-order chi connectivity index (χ0) is 34.0. The predicted molar refractivity (Wildman–Crippen MR) is 185 cm³/mol. The number of nitrogens with one attached hydrogen (secondary N) is 1. The molecule has 11 nitrogen and oxygen atoms in total. The number of ether oxygens (including phenoxy) is 2. The molecule has 0 bridgehead atoms. The van der Waals surface area contributed by atoms with Crippen LogP contribution in [0.4, 0.5) is 10.6 Å². The lowest BCUT2D eigenvalue weighted by Crippen LogP contribution is -2.48. The molecule has 1 amide bonds. The molecule has 3 heterocycles. The van der Waals surface area contributed by atoms with E-state index >= 15 is 0 Å². The summed E-state index contributed by atoms with van der Waals surface area (Å²) in [6, 6.07) is 18.0. The van der Waals surface area contributed by atoms with Gasteiger partial charge in [-0.25, -0.2) is 9.78 Å². The maximum absolute atomic E-state index is 13.7. The minimum absolute atomic E-state index is 0.0332. The Labute approximate surface area is 278 Å². The first kappa shape index (κ1) is 34.1. The van der Waals surface area contributed by atoms with E-state index in [9.17, 15) is 4.79 Å². The van der Waals surface area contributed by atoms with Gasteiger partial charge in [0.05, 0.1) is 19.2 Å². The SMILES string of the molecule is CC(C)(C)OC(=O)N(CC1CCc2cc(-c3ccc(-c4nn[nH]n4)cc3)ccc2O1)C[C@H](O[Si](C)(C)C(C)(C)C)c1ccc(N)nc1. The number of benzene rings is 2. The minimum Gasteiger partial charge on any atom is -0.488 e. The molecule has 0 saturated carbocycles. The van der Waals surface area contributed by atoms with E-state index in [0.29, 0.717) is 24.7 Å². The van der Waals surface area contributed by atoms with Gasteiger partial charge in [0.1, 0.15) is 23.3 Å². The molecule has 3 N–H and O–H groups in total. The molecule has 47 heavy (non-hydrogen) atoms. The topological polar surface area (TPSA) is 141 Å². The van der Waals surface area contributed by atoms with Crippen LogP contribution in [-0.2, 0) is 15.6 Å². The van der Waals surface area contributed by atoms with E-state index in [2.05, 4.69) is 83.7 Å². The minimum atomic E-state index is -2.24. The van der Waals surface area contributed by atoms with Gasteiger partial charge in [-0.05, 0) is 97.4 Å². The highest BCUT2D eigenvalue weighted by molar-refractivity contribution is 6.74. The Morgan fingerprint density at radius 2 is 1.74 bits per heavy atom. The fraction of sp³-hybridized carbons (Fsp3) is 0.457. The van der Waals surface area contributed by atoms with Crippen molar-refractivity contribution < 1.29 is 18.7 Å². The van der Waals surface area contributed by atoms with E-state index in [-0.39, 0.29) is 11.1 Å². The Kier molecular flexibility index (Phi) is 9.74. The third-order valence-electron chi connectivity index (χ3n) is 8.80. The third-order valence-corrected chi connectivity index (χ3v) is 13.3. The van der Waals surface area contributed by atoms with Gasteiger partial charge in [0.25, 0.3) is 0 Å². The van der Waals surface area contributed by atoms with Crippen LogP contribution in [0.1, 0.15) is 65.2 Å². The fourth-order valence-corrected chi connectivity index (χ4v) is 6.47. The summed E-state index contributed by atoms with van der Waals surface area (Å²) in [7, 11) is -2.24. The Morgan fingerprint density at radius 1 is 1.04 bits per heavy atom. The van der Waals surface area contributed by atoms with Gasteiger partial charge in [-0.3, -0.25) is 0 Å². The van der Waals surface area contributed by atoms with Gasteiger partial charge >= 0.3 is 6.09 Å². The average molecular weight is 658 g/mol. The quantitative estimate of drug-likeness (QED) is 0.179. The number of H-pyrrole nitrogens is 1. The monoisotopic (exact) mass is 657 g/mol. The summed E-state index contributed by atoms with van der Waals surface area (Å²) in [5.74, 6) is 1.82. The van der Waals surface area contributed by atoms with Crippen LogP contribution >= 0.6 is 0 Å². The normalized spacial score (nSPS) is 15.8. The number of aryl methyl sites for hydroxylation is 1. The van der Waals surface area contributed by atoms with Crippen molar-refractivity contribution in [3.05, 3.63) is 71.9 Å². The number of nitrogen functional groups attached to an aromatic ring is 1. The molecule has 1 aliphatic heterocycles. The van der Waals surface area contributed by atoms with Gasteiger partial charge in [0.2, 0.25) is 5.82 Å². The van der Waals surface area contributed by atoms with Crippen molar-refractivity contribution in [2.24, 2.45) is 0 Å². The Bertz CT molecular complexity index is 1650. The third kappa shape index (κ3) is 8.55. The number of nitrogens with zero attached hydrogens (tertiary/aromatic N) is 5. The molecule has 1 aliphatic rings. The number of fused-ring (bicyclic) bond motifs is 1. The van der Waals surface area contributed by atoms with E-state index < -0.39 is 26.1 Å². The van der Waals surface area contributed by atoms with Crippen molar-refractivity contribution in [3.8, 4) is 28.3 Å². The molecule has 0 radical (unpaired) electrons. The molecular formula is C35H47N7O4Si. The highest BCUT2D eigenvalue weighted by Gasteiger charge is 2.41. The van der Waals surface area contributed by atoms with Gasteiger partial charge in [0, 0.05) is 11.8 Å². The number of hydrogen-bond acceptors (Lipinski definition) is 9. The summed E-state index contributed by atoms with van der Waals surface area (Å²) in [6.45, 7) is 17.3. The van der Waals surface area contributed by atoms with E-state index in [4.69, 9.17) is 19.6 Å². The first-order valence-corrected chi connectivity index (χ1v) is 19.0. The second-order valence-corrected chi connectivity index (χ2v) is 19.4. The number of carbonyl (C=O) groups is 1. The summed E-state index contributed by atoms with van der Waals surface area (Å²) in [6.07, 6.45) is 2.28. The molecule has 0 fully saturated rings. The van der Waals surface area contributed by atoms with Crippen LogP contribution in [0.2, 0.25) is 18.1 Å². The number of rotatable bonds is 9. The number of aromatic amines is 1. The number of tetrazole rings is 1. The van der Waals surface area contributed by atoms with Gasteiger partial charge in [-0.2, -0.15) is 5.21 Å². The molecule has 2 atom stereocenters. The second-order valence-electron chi connectivity index (χ2n) is 14.7. The number of hydrogen-bond donors (Lipinski definition) is 2. The van der Waals surface area contributed by atoms with Crippen molar-refractivity contribution >= 4 is 20.2 Å². The zero-order valence-corrected chi connectivity index (χ0v) is 29.7. The Morgan fingerprint density at radius 3 is 2.36 bits per heavy atom. The molecule has 12 heteroatoms. The van der Waals surface area contributed by atoms with Crippen molar-refractivity contribution in [1.82, 2.24) is 30.5 Å². The molecule has 2 aromatic heterocycles. The first-order valence-electron chi connectivity index (χ1n) is 16.1. The molecule has 4 aromatic rings. The number of carbonyl (C=O) groups excluding carboxylic acids is 1. The molecule has 0 spiro atoms. The van der Waals surface area contributed by atoms with Gasteiger partial charge < -0.3 is 24.5 Å². The highest BCUT2D eigenvalue weighted by Crippen LogP contribution is 2.40. The standard InChI is InChI=1S/C35H47N7O4Si/c1-34(2,3)45-33(43)42(22-30(27-15-18-31(36)37-20-27)46-47(7,8)35(4,5)6)21-28-16-13-26-19-25(14-17-29(26)44-28)23-9-11-24(12-10-23)32-38-40-41-39-32/h9-12,14-15,17-20,28,30H,13,16,21-22H2,1-8H3,(H2,36,37)(H,38,39,40,41)/t28?,30-/m0/s1. The first-order chi connectivity index (χ1) is 22.1. The Balaban J connectivity index is 1.35. The molecule has 5 rings (SSSR count). The van der Waals surface area contributed by atoms with Crippen LogP contribution in [0, 0.1) is 0 Å². The summed E-state index contributed by atoms with van der Waals surface area (Å²) in [5, 5.41) is 14.2. The highest BCUT2D eigenvalue weighted by atomic mass is 28.4. The van der Waals surface area contributed by atoms with Crippen LogP contribution in [0.3, 0.4) is 0 Å². The lowest BCUT2D eigenvalue weighted by molar-refractivity contribution is 0.00491.